The van der Waals surface area contributed by atoms with Crippen LogP contribution in [0.3, 0.4) is 0 Å². The first-order valence-electron chi connectivity index (χ1n) is 8.63. The average Bonchev–Trinajstić information content (AvgIpc) is 2.95. The average molecular weight is 349 g/mol. The summed E-state index contributed by atoms with van der Waals surface area (Å²) in [5.41, 5.74) is 2.82. The highest BCUT2D eigenvalue weighted by atomic mass is 35.5. The monoisotopic (exact) mass is 348 g/mol. The van der Waals surface area contributed by atoms with Crippen LogP contribution in [0.5, 0.6) is 0 Å². The van der Waals surface area contributed by atoms with E-state index in [1.54, 1.807) is 0 Å². The topological polar surface area (TPSA) is 33.1 Å². The van der Waals surface area contributed by atoms with Crippen LogP contribution in [0, 0.1) is 5.92 Å². The van der Waals surface area contributed by atoms with Crippen molar-refractivity contribution in [1.82, 2.24) is 19.8 Å². The number of hydrogen-bond acceptors (Lipinski definition) is 3. The largest absolute Gasteiger partial charge is 0.337 e. The van der Waals surface area contributed by atoms with Crippen molar-refractivity contribution < 1.29 is 0 Å². The molecule has 132 valence electrons. The summed E-state index contributed by atoms with van der Waals surface area (Å²) in [6.07, 6.45) is 5.08. The molecular formula is C19H29ClN4. The van der Waals surface area contributed by atoms with Gasteiger partial charge in [-0.25, -0.2) is 4.98 Å². The van der Waals surface area contributed by atoms with E-state index >= 15 is 0 Å². The molecule has 3 rings (SSSR count). The second-order valence-corrected chi connectivity index (χ2v) is 7.00. The van der Waals surface area contributed by atoms with Crippen molar-refractivity contribution in [1.29, 1.82) is 0 Å². The molecule has 1 aromatic carbocycles. The number of benzene rings is 1. The van der Waals surface area contributed by atoms with Gasteiger partial charge in [0.25, 0.3) is 0 Å². The highest BCUT2D eigenvalue weighted by molar-refractivity contribution is 5.85. The van der Waals surface area contributed by atoms with Crippen LogP contribution in [0.2, 0.25) is 0 Å². The molecule has 0 saturated carbocycles. The lowest BCUT2D eigenvalue weighted by molar-refractivity contribution is 0.145. The van der Waals surface area contributed by atoms with E-state index in [-0.39, 0.29) is 12.4 Å². The summed E-state index contributed by atoms with van der Waals surface area (Å²) in [7, 11) is 2.08. The maximum atomic E-state index is 4.56. The third-order valence-electron chi connectivity index (χ3n) is 4.56. The third kappa shape index (κ3) is 4.59. The normalized spacial score (nSPS) is 18.6. The maximum Gasteiger partial charge on any atom is 0.127 e. The first kappa shape index (κ1) is 19.0. The number of halogens is 1. The highest BCUT2D eigenvalue weighted by Gasteiger charge is 2.26. The van der Waals surface area contributed by atoms with Crippen LogP contribution in [0.25, 0.3) is 0 Å². The molecule has 0 aliphatic carbocycles. The van der Waals surface area contributed by atoms with Crippen LogP contribution < -0.4 is 5.32 Å². The van der Waals surface area contributed by atoms with E-state index in [1.807, 2.05) is 12.4 Å². The van der Waals surface area contributed by atoms with Crippen LogP contribution in [-0.2, 0) is 20.0 Å². The van der Waals surface area contributed by atoms with Gasteiger partial charge >= 0.3 is 0 Å². The smallest absolute Gasteiger partial charge is 0.127 e. The number of aryl methyl sites for hydroxylation is 1. The number of nitrogens with zero attached hydrogens (tertiary/aromatic N) is 3. The second kappa shape index (κ2) is 8.65. The van der Waals surface area contributed by atoms with Crippen molar-refractivity contribution in [2.45, 2.75) is 32.9 Å². The molecule has 1 aliphatic heterocycles. The standard InChI is InChI=1S/C19H28N4.ClH/c1-15(2)12-16-4-6-17(7-5-16)14-23-11-8-20-13-18(23)19-21-9-10-22(19)3;/h4-7,9-10,15,18,20H,8,11-14H2,1-3H3;1H. The summed E-state index contributed by atoms with van der Waals surface area (Å²) in [6, 6.07) is 9.49. The van der Waals surface area contributed by atoms with Gasteiger partial charge in [-0.3, -0.25) is 4.90 Å². The molecule has 4 nitrogen and oxygen atoms in total. The fourth-order valence-electron chi connectivity index (χ4n) is 3.38. The van der Waals surface area contributed by atoms with Crippen LogP contribution in [0.15, 0.2) is 36.7 Å². The molecule has 0 bridgehead atoms. The van der Waals surface area contributed by atoms with Crippen molar-refractivity contribution in [3.05, 3.63) is 53.6 Å². The molecule has 0 radical (unpaired) electrons. The number of hydrogen-bond donors (Lipinski definition) is 1. The number of aromatic nitrogens is 2. The SMILES string of the molecule is CC(C)Cc1ccc(CN2CCNCC2c2nccn2C)cc1.Cl. The first-order valence-corrected chi connectivity index (χ1v) is 8.63. The molecule has 2 heterocycles. The summed E-state index contributed by atoms with van der Waals surface area (Å²) >= 11 is 0. The Bertz CT molecular complexity index is 621. The van der Waals surface area contributed by atoms with Gasteiger partial charge in [-0.05, 0) is 23.5 Å². The summed E-state index contributed by atoms with van der Waals surface area (Å²) in [6.45, 7) is 8.60. The fourth-order valence-corrected chi connectivity index (χ4v) is 3.38. The number of nitrogens with one attached hydrogen (secondary N) is 1. The lowest BCUT2D eigenvalue weighted by atomic mass is 10.0. The lowest BCUT2D eigenvalue weighted by Crippen LogP contribution is -2.46. The summed E-state index contributed by atoms with van der Waals surface area (Å²) < 4.78 is 2.14. The Morgan fingerprint density at radius 2 is 1.92 bits per heavy atom. The van der Waals surface area contributed by atoms with Crippen LogP contribution in [0.1, 0.15) is 36.8 Å². The molecule has 2 aromatic rings. The highest BCUT2D eigenvalue weighted by Crippen LogP contribution is 2.23. The van der Waals surface area contributed by atoms with Gasteiger partial charge in [0.2, 0.25) is 0 Å². The predicted octanol–water partition coefficient (Wildman–Crippen LogP) is 3.19. The molecule has 1 aliphatic rings. The Kier molecular flexibility index (Phi) is 6.84. The zero-order valence-electron chi connectivity index (χ0n) is 14.9. The number of rotatable bonds is 5. The van der Waals surface area contributed by atoms with Gasteiger partial charge in [0, 0.05) is 45.6 Å². The minimum atomic E-state index is 0. The fraction of sp³-hybridized carbons (Fsp3) is 0.526. The van der Waals surface area contributed by atoms with E-state index in [1.165, 1.54) is 11.1 Å². The lowest BCUT2D eigenvalue weighted by Gasteiger charge is -2.35. The summed E-state index contributed by atoms with van der Waals surface area (Å²) in [5, 5.41) is 3.50. The Morgan fingerprint density at radius 1 is 1.21 bits per heavy atom. The van der Waals surface area contributed by atoms with E-state index < -0.39 is 0 Å². The molecule has 24 heavy (non-hydrogen) atoms. The minimum Gasteiger partial charge on any atom is -0.337 e. The van der Waals surface area contributed by atoms with Gasteiger partial charge in [-0.15, -0.1) is 12.4 Å². The Labute approximate surface area is 151 Å². The van der Waals surface area contributed by atoms with Gasteiger partial charge in [0.15, 0.2) is 0 Å². The maximum absolute atomic E-state index is 4.56. The molecule has 1 N–H and O–H groups in total. The molecule has 5 heteroatoms. The predicted molar refractivity (Wildman–Crippen MR) is 101 cm³/mol. The van der Waals surface area contributed by atoms with Gasteiger partial charge < -0.3 is 9.88 Å². The van der Waals surface area contributed by atoms with Gasteiger partial charge in [-0.2, -0.15) is 0 Å². The van der Waals surface area contributed by atoms with E-state index in [9.17, 15) is 0 Å². The number of imidazole rings is 1. The summed E-state index contributed by atoms with van der Waals surface area (Å²) in [5.74, 6) is 1.86. The molecule has 1 fully saturated rings. The van der Waals surface area contributed by atoms with E-state index in [2.05, 4.69) is 64.9 Å². The Balaban J connectivity index is 0.00000208. The molecule has 1 unspecified atom stereocenters. The molecule has 0 spiro atoms. The van der Waals surface area contributed by atoms with Crippen molar-refractivity contribution in [2.24, 2.45) is 13.0 Å². The van der Waals surface area contributed by atoms with Crippen LogP contribution in [-0.4, -0.2) is 34.1 Å². The quantitative estimate of drug-likeness (QED) is 0.900. The first-order chi connectivity index (χ1) is 11.1. The minimum absolute atomic E-state index is 0. The summed E-state index contributed by atoms with van der Waals surface area (Å²) in [4.78, 5) is 7.10. The van der Waals surface area contributed by atoms with Gasteiger partial charge in [0.1, 0.15) is 5.82 Å². The Morgan fingerprint density at radius 3 is 2.54 bits per heavy atom. The molecular weight excluding hydrogens is 320 g/mol. The van der Waals surface area contributed by atoms with E-state index in [0.29, 0.717) is 12.0 Å². The van der Waals surface area contributed by atoms with Crippen LogP contribution in [0.4, 0.5) is 0 Å². The van der Waals surface area contributed by atoms with Crippen molar-refractivity contribution in [2.75, 3.05) is 19.6 Å². The molecule has 0 amide bonds. The third-order valence-corrected chi connectivity index (χ3v) is 4.56. The van der Waals surface area contributed by atoms with Crippen LogP contribution >= 0.6 is 12.4 Å². The van der Waals surface area contributed by atoms with Gasteiger partial charge in [-0.1, -0.05) is 38.1 Å². The molecule has 1 saturated heterocycles. The number of piperazine rings is 1. The zero-order chi connectivity index (χ0) is 16.2. The van der Waals surface area contributed by atoms with E-state index in [0.717, 1.165) is 38.4 Å². The van der Waals surface area contributed by atoms with Crippen molar-refractivity contribution in [3.63, 3.8) is 0 Å². The van der Waals surface area contributed by atoms with Crippen molar-refractivity contribution >= 4 is 12.4 Å². The Hall–Kier alpha value is -1.36. The molecule has 1 atom stereocenters. The van der Waals surface area contributed by atoms with Crippen molar-refractivity contribution in [3.8, 4) is 0 Å². The van der Waals surface area contributed by atoms with E-state index in [4.69, 9.17) is 0 Å². The zero-order valence-corrected chi connectivity index (χ0v) is 15.7. The van der Waals surface area contributed by atoms with Gasteiger partial charge in [0.05, 0.1) is 6.04 Å². The molecule has 1 aromatic heterocycles. The second-order valence-electron chi connectivity index (χ2n) is 7.00.